The second-order valence-electron chi connectivity index (χ2n) is 3.79. The molecule has 2 N–H and O–H groups in total. The van der Waals surface area contributed by atoms with Crippen molar-refractivity contribution >= 4 is 34.9 Å². The number of nitrogens with one attached hydrogen (secondary N) is 1. The highest BCUT2D eigenvalue weighted by atomic mass is 35.5. The Bertz CT molecular complexity index is 449. The maximum absolute atomic E-state index is 12.0. The second-order valence-corrected chi connectivity index (χ2v) is 5.51. The lowest BCUT2D eigenvalue weighted by atomic mass is 10.3. The van der Waals surface area contributed by atoms with Gasteiger partial charge in [-0.3, -0.25) is 4.79 Å². The number of likely N-dealkylation sites (tertiary alicyclic amines) is 1. The Morgan fingerprint density at radius 1 is 1.53 bits per heavy atom. The van der Waals surface area contributed by atoms with Crippen molar-refractivity contribution in [2.75, 3.05) is 13.1 Å². The largest absolute Gasteiger partial charge is 0.465 e. The standard InChI is InChI=1S/C10H11ClN2O3S/c11-8-2-1-7(17-8)9(14)13-4-3-6(5-13)12-10(15)16/h1-2,6,12H,3-5H2,(H,15,16). The molecule has 1 aliphatic rings. The summed E-state index contributed by atoms with van der Waals surface area (Å²) in [5.74, 6) is -0.0865. The van der Waals surface area contributed by atoms with E-state index in [9.17, 15) is 9.59 Å². The molecule has 0 spiro atoms. The molecule has 2 amide bonds. The number of carbonyl (C=O) groups excluding carboxylic acids is 1. The fraction of sp³-hybridized carbons (Fsp3) is 0.400. The van der Waals surface area contributed by atoms with E-state index in [0.717, 1.165) is 0 Å². The third kappa shape index (κ3) is 2.89. The van der Waals surface area contributed by atoms with Gasteiger partial charge in [0.1, 0.15) is 0 Å². The van der Waals surface area contributed by atoms with E-state index in [1.54, 1.807) is 17.0 Å². The summed E-state index contributed by atoms with van der Waals surface area (Å²) in [5.41, 5.74) is 0. The van der Waals surface area contributed by atoms with Crippen LogP contribution in [-0.4, -0.2) is 41.1 Å². The van der Waals surface area contributed by atoms with Crippen LogP contribution in [0, 0.1) is 0 Å². The van der Waals surface area contributed by atoms with Gasteiger partial charge in [-0.25, -0.2) is 4.79 Å². The number of hydrogen-bond donors (Lipinski definition) is 2. The molecule has 2 heterocycles. The minimum absolute atomic E-state index is 0.0865. The van der Waals surface area contributed by atoms with Crippen LogP contribution in [0.4, 0.5) is 4.79 Å². The second kappa shape index (κ2) is 4.93. The van der Waals surface area contributed by atoms with Crippen molar-refractivity contribution in [3.8, 4) is 0 Å². The third-order valence-corrected chi connectivity index (χ3v) is 3.81. The molecule has 1 unspecified atom stereocenters. The summed E-state index contributed by atoms with van der Waals surface area (Å²) in [5, 5.41) is 11.0. The predicted octanol–water partition coefficient (Wildman–Crippen LogP) is 1.88. The molecule has 0 bridgehead atoms. The number of thiophene rings is 1. The Morgan fingerprint density at radius 2 is 2.29 bits per heavy atom. The molecule has 5 nitrogen and oxygen atoms in total. The van der Waals surface area contributed by atoms with E-state index < -0.39 is 6.09 Å². The predicted molar refractivity (Wildman–Crippen MR) is 64.8 cm³/mol. The number of carboxylic acid groups (broad SMARTS) is 1. The molecule has 0 saturated carbocycles. The van der Waals surface area contributed by atoms with Crippen LogP contribution in [-0.2, 0) is 0 Å². The zero-order chi connectivity index (χ0) is 12.4. The van der Waals surface area contributed by atoms with Gasteiger partial charge in [-0.15, -0.1) is 11.3 Å². The fourth-order valence-electron chi connectivity index (χ4n) is 1.82. The highest BCUT2D eigenvalue weighted by molar-refractivity contribution is 7.17. The van der Waals surface area contributed by atoms with Crippen LogP contribution in [0.5, 0.6) is 0 Å². The number of amides is 2. The van der Waals surface area contributed by atoms with E-state index in [4.69, 9.17) is 16.7 Å². The van der Waals surface area contributed by atoms with E-state index in [1.807, 2.05) is 0 Å². The average Bonchev–Trinajstić information content (AvgIpc) is 2.85. The van der Waals surface area contributed by atoms with E-state index in [-0.39, 0.29) is 11.9 Å². The van der Waals surface area contributed by atoms with Gasteiger partial charge in [0.2, 0.25) is 0 Å². The van der Waals surface area contributed by atoms with Gasteiger partial charge in [0.25, 0.3) is 5.91 Å². The lowest BCUT2D eigenvalue weighted by Crippen LogP contribution is -2.37. The summed E-state index contributed by atoms with van der Waals surface area (Å²) in [7, 11) is 0. The number of carbonyl (C=O) groups is 2. The molecule has 0 aromatic carbocycles. The van der Waals surface area contributed by atoms with Crippen molar-refractivity contribution in [2.24, 2.45) is 0 Å². The molecular formula is C10H11ClN2O3S. The Balaban J connectivity index is 1.96. The normalized spacial score (nSPS) is 19.4. The number of nitrogens with zero attached hydrogens (tertiary/aromatic N) is 1. The topological polar surface area (TPSA) is 69.6 Å². The molecule has 1 aromatic rings. The highest BCUT2D eigenvalue weighted by Gasteiger charge is 2.28. The highest BCUT2D eigenvalue weighted by Crippen LogP contribution is 2.24. The van der Waals surface area contributed by atoms with Gasteiger partial charge in [-0.05, 0) is 18.6 Å². The Morgan fingerprint density at radius 3 is 2.88 bits per heavy atom. The van der Waals surface area contributed by atoms with Crippen LogP contribution in [0.15, 0.2) is 12.1 Å². The summed E-state index contributed by atoms with van der Waals surface area (Å²) < 4.78 is 0.577. The first-order chi connectivity index (χ1) is 8.06. The molecular weight excluding hydrogens is 264 g/mol. The minimum Gasteiger partial charge on any atom is -0.465 e. The molecule has 0 aliphatic carbocycles. The zero-order valence-corrected chi connectivity index (χ0v) is 10.4. The first-order valence-corrected chi connectivity index (χ1v) is 6.30. The lowest BCUT2D eigenvalue weighted by molar-refractivity contribution is 0.0793. The monoisotopic (exact) mass is 274 g/mol. The van der Waals surface area contributed by atoms with Gasteiger partial charge >= 0.3 is 6.09 Å². The van der Waals surface area contributed by atoms with Crippen molar-refractivity contribution in [1.82, 2.24) is 10.2 Å². The van der Waals surface area contributed by atoms with Crippen LogP contribution < -0.4 is 5.32 Å². The molecule has 2 rings (SSSR count). The van der Waals surface area contributed by atoms with Gasteiger partial charge in [-0.2, -0.15) is 0 Å². The van der Waals surface area contributed by atoms with Gasteiger partial charge < -0.3 is 15.3 Å². The van der Waals surface area contributed by atoms with Crippen LogP contribution >= 0.6 is 22.9 Å². The van der Waals surface area contributed by atoms with Crippen molar-refractivity contribution in [3.05, 3.63) is 21.3 Å². The fourth-order valence-corrected chi connectivity index (χ4v) is 2.83. The van der Waals surface area contributed by atoms with Gasteiger partial charge in [0.05, 0.1) is 15.3 Å². The van der Waals surface area contributed by atoms with Gasteiger partial charge in [0, 0.05) is 13.1 Å². The SMILES string of the molecule is O=C(O)NC1CCN(C(=O)c2ccc(Cl)s2)C1. The molecule has 92 valence electrons. The lowest BCUT2D eigenvalue weighted by Gasteiger charge is -2.15. The zero-order valence-electron chi connectivity index (χ0n) is 8.85. The smallest absolute Gasteiger partial charge is 0.404 e. The number of halogens is 1. The summed E-state index contributed by atoms with van der Waals surface area (Å²) in [6.45, 7) is 0.986. The van der Waals surface area contributed by atoms with Crippen LogP contribution in [0.25, 0.3) is 0 Å². The third-order valence-electron chi connectivity index (χ3n) is 2.59. The summed E-state index contributed by atoms with van der Waals surface area (Å²) in [6.07, 6.45) is -0.402. The average molecular weight is 275 g/mol. The van der Waals surface area contributed by atoms with Crippen LogP contribution in [0.2, 0.25) is 4.34 Å². The van der Waals surface area contributed by atoms with Crippen molar-refractivity contribution < 1.29 is 14.7 Å². The van der Waals surface area contributed by atoms with Crippen LogP contribution in [0.1, 0.15) is 16.1 Å². The molecule has 17 heavy (non-hydrogen) atoms. The van der Waals surface area contributed by atoms with Crippen molar-refractivity contribution in [2.45, 2.75) is 12.5 Å². The number of hydrogen-bond acceptors (Lipinski definition) is 3. The number of rotatable bonds is 2. The van der Waals surface area contributed by atoms with Crippen LogP contribution in [0.3, 0.4) is 0 Å². The quantitative estimate of drug-likeness (QED) is 0.865. The van der Waals surface area contributed by atoms with Gasteiger partial charge in [-0.1, -0.05) is 11.6 Å². The molecule has 1 aliphatic heterocycles. The molecule has 1 saturated heterocycles. The summed E-state index contributed by atoms with van der Waals surface area (Å²) >= 11 is 7.00. The Kier molecular flexibility index (Phi) is 3.54. The molecule has 1 fully saturated rings. The van der Waals surface area contributed by atoms with Gasteiger partial charge in [0.15, 0.2) is 0 Å². The summed E-state index contributed by atoms with van der Waals surface area (Å²) in [4.78, 5) is 24.7. The Hall–Kier alpha value is -1.27. The van der Waals surface area contributed by atoms with Crippen molar-refractivity contribution in [1.29, 1.82) is 0 Å². The minimum atomic E-state index is -1.05. The van der Waals surface area contributed by atoms with E-state index in [0.29, 0.717) is 28.7 Å². The molecule has 1 atom stereocenters. The maximum atomic E-state index is 12.0. The summed E-state index contributed by atoms with van der Waals surface area (Å²) in [6, 6.07) is 3.20. The first-order valence-electron chi connectivity index (χ1n) is 5.10. The molecule has 7 heteroatoms. The molecule has 1 aromatic heterocycles. The van der Waals surface area contributed by atoms with E-state index >= 15 is 0 Å². The van der Waals surface area contributed by atoms with E-state index in [1.165, 1.54) is 11.3 Å². The molecule has 0 radical (unpaired) electrons. The maximum Gasteiger partial charge on any atom is 0.404 e. The first kappa shape index (κ1) is 12.2. The van der Waals surface area contributed by atoms with Crippen molar-refractivity contribution in [3.63, 3.8) is 0 Å². The Labute approximate surface area is 107 Å². The van der Waals surface area contributed by atoms with E-state index in [2.05, 4.69) is 5.32 Å².